The van der Waals surface area contributed by atoms with Gasteiger partial charge < -0.3 is 15.1 Å². The van der Waals surface area contributed by atoms with E-state index in [4.69, 9.17) is 9.90 Å². The van der Waals surface area contributed by atoms with E-state index in [-0.39, 0.29) is 27.7 Å². The predicted octanol–water partition coefficient (Wildman–Crippen LogP) is 3.93. The Bertz CT molecular complexity index is 1570. The first kappa shape index (κ1) is 33.7. The lowest BCUT2D eigenvalue weighted by Crippen LogP contribution is -2.24. The molecule has 228 valence electrons. The van der Waals surface area contributed by atoms with E-state index in [1.165, 1.54) is 43.5 Å². The molecule has 2 heterocycles. The Labute approximate surface area is 239 Å². The van der Waals surface area contributed by atoms with E-state index >= 15 is 0 Å². The second-order valence-electron chi connectivity index (χ2n) is 9.03. The zero-order valence-corrected chi connectivity index (χ0v) is 24.2. The Morgan fingerprint density at radius 2 is 1.67 bits per heavy atom. The first-order valence-corrected chi connectivity index (χ1v) is 13.8. The van der Waals surface area contributed by atoms with Crippen LogP contribution in [0.3, 0.4) is 0 Å². The molecule has 3 rings (SSSR count). The Balaban J connectivity index is 0.000000782. The van der Waals surface area contributed by atoms with E-state index in [1.807, 2.05) is 25.5 Å². The number of benzene rings is 1. The van der Waals surface area contributed by atoms with Gasteiger partial charge in [-0.15, -0.1) is 0 Å². The highest BCUT2D eigenvalue weighted by atomic mass is 32.2. The smallest absolute Gasteiger partial charge is 0.478 e. The molecule has 0 saturated carbocycles. The minimum absolute atomic E-state index is 0.0195. The van der Waals surface area contributed by atoms with Crippen LogP contribution in [0.25, 0.3) is 0 Å². The number of aliphatic carboxylic acids is 1. The van der Waals surface area contributed by atoms with Gasteiger partial charge in [-0.2, -0.15) is 18.3 Å². The number of hydrogen-bond acceptors (Lipinski definition) is 8. The number of halogens is 3. The van der Waals surface area contributed by atoms with E-state index < -0.39 is 28.1 Å². The highest BCUT2D eigenvalue weighted by Gasteiger charge is 2.38. The van der Waals surface area contributed by atoms with Crippen LogP contribution >= 0.6 is 0 Å². The van der Waals surface area contributed by atoms with Gasteiger partial charge in [-0.3, -0.25) is 14.2 Å². The van der Waals surface area contributed by atoms with Crippen molar-refractivity contribution in [1.82, 2.24) is 14.8 Å². The average Bonchev–Trinajstić information content (AvgIpc) is 3.18. The van der Waals surface area contributed by atoms with Crippen LogP contribution in [0.15, 0.2) is 41.4 Å². The number of alkyl halides is 3. The summed E-state index contributed by atoms with van der Waals surface area (Å²) in [5.41, 5.74) is 3.40. The minimum atomic E-state index is -5.08. The summed E-state index contributed by atoms with van der Waals surface area (Å²) >= 11 is 0. The molecule has 0 radical (unpaired) electrons. The standard InChI is InChI=1S/C24H29N5O5S.C2HF3O2/c1-6-29-16(3)21(15(2)26-29)11-12-28(5)23-22(24(31)32)13-19(14-25-23)27-35(33,34)20-9-7-18(8-10-20)17(4)30;3-2(4,5)1(6)7/h7-10,13-14,27H,6,11-12H2,1-5H3,(H,31,32);(H,6,7). The topological polar surface area (TPSA) is 172 Å². The summed E-state index contributed by atoms with van der Waals surface area (Å²) in [6.07, 6.45) is -3.15. The van der Waals surface area contributed by atoms with E-state index in [1.54, 1.807) is 11.9 Å². The van der Waals surface area contributed by atoms with Crippen LogP contribution in [0.5, 0.6) is 0 Å². The van der Waals surface area contributed by atoms with Crippen molar-refractivity contribution in [2.24, 2.45) is 0 Å². The number of hydrogen-bond donors (Lipinski definition) is 3. The van der Waals surface area contributed by atoms with Gasteiger partial charge in [-0.1, -0.05) is 12.1 Å². The highest BCUT2D eigenvalue weighted by molar-refractivity contribution is 7.92. The molecule has 0 unspecified atom stereocenters. The van der Waals surface area contributed by atoms with Crippen molar-refractivity contribution in [2.45, 2.75) is 51.7 Å². The number of sulfonamides is 1. The van der Waals surface area contributed by atoms with Gasteiger partial charge in [0.15, 0.2) is 5.78 Å². The number of carboxylic acids is 2. The highest BCUT2D eigenvalue weighted by Crippen LogP contribution is 2.24. The Hall–Kier alpha value is -4.47. The number of rotatable bonds is 10. The van der Waals surface area contributed by atoms with Crippen LogP contribution in [0.4, 0.5) is 24.7 Å². The van der Waals surface area contributed by atoms with Crippen molar-refractivity contribution in [3.05, 3.63) is 64.6 Å². The number of Topliss-reactive ketones (excluding diaryl/α,β-unsaturated/α-hetero) is 1. The molecule has 0 bridgehead atoms. The molecular formula is C26H30F3N5O7S. The molecule has 0 fully saturated rings. The zero-order chi connectivity index (χ0) is 32.0. The molecule has 0 amide bonds. The number of nitrogens with zero attached hydrogens (tertiary/aromatic N) is 4. The molecule has 0 atom stereocenters. The zero-order valence-electron chi connectivity index (χ0n) is 23.4. The number of carbonyl (C=O) groups is 3. The molecule has 12 nitrogen and oxygen atoms in total. The van der Waals surface area contributed by atoms with Crippen molar-refractivity contribution in [3.63, 3.8) is 0 Å². The normalized spacial score (nSPS) is 11.3. The fourth-order valence-electron chi connectivity index (χ4n) is 3.85. The van der Waals surface area contributed by atoms with Crippen LogP contribution in [0.2, 0.25) is 0 Å². The van der Waals surface area contributed by atoms with Gasteiger partial charge in [0.1, 0.15) is 11.4 Å². The fraction of sp³-hybridized carbons (Fsp3) is 0.346. The number of aryl methyl sites for hydroxylation is 2. The molecular weight excluding hydrogens is 583 g/mol. The van der Waals surface area contributed by atoms with Crippen molar-refractivity contribution < 1.29 is 46.2 Å². The third-order valence-corrected chi connectivity index (χ3v) is 7.45. The number of ketones is 1. The Kier molecular flexibility index (Phi) is 10.8. The maximum Gasteiger partial charge on any atom is 0.490 e. The number of nitrogens with one attached hydrogen (secondary N) is 1. The predicted molar refractivity (Wildman–Crippen MR) is 146 cm³/mol. The number of aromatic nitrogens is 3. The number of anilines is 2. The molecule has 3 aromatic rings. The van der Waals surface area contributed by atoms with Crippen LogP contribution in [0, 0.1) is 13.8 Å². The maximum absolute atomic E-state index is 12.7. The van der Waals surface area contributed by atoms with Crippen LogP contribution < -0.4 is 9.62 Å². The second kappa shape index (κ2) is 13.5. The van der Waals surface area contributed by atoms with Crippen molar-refractivity contribution in [2.75, 3.05) is 23.2 Å². The lowest BCUT2D eigenvalue weighted by Gasteiger charge is -2.21. The summed E-state index contributed by atoms with van der Waals surface area (Å²) in [5, 5.41) is 21.4. The Morgan fingerprint density at radius 3 is 2.12 bits per heavy atom. The van der Waals surface area contributed by atoms with E-state index in [2.05, 4.69) is 14.8 Å². The molecule has 0 aliphatic heterocycles. The average molecular weight is 614 g/mol. The second-order valence-corrected chi connectivity index (χ2v) is 10.7. The van der Waals surface area contributed by atoms with Crippen LogP contribution in [0.1, 0.15) is 51.5 Å². The molecule has 0 spiro atoms. The minimum Gasteiger partial charge on any atom is -0.478 e. The third-order valence-electron chi connectivity index (χ3n) is 6.05. The fourth-order valence-corrected chi connectivity index (χ4v) is 4.88. The van der Waals surface area contributed by atoms with E-state index in [0.29, 0.717) is 18.5 Å². The van der Waals surface area contributed by atoms with Gasteiger partial charge in [-0.05, 0) is 57.9 Å². The van der Waals surface area contributed by atoms with E-state index in [0.717, 1.165) is 23.5 Å². The lowest BCUT2D eigenvalue weighted by molar-refractivity contribution is -0.192. The van der Waals surface area contributed by atoms with Gasteiger partial charge in [-0.25, -0.2) is 23.0 Å². The first-order valence-electron chi connectivity index (χ1n) is 12.3. The number of carbonyl (C=O) groups excluding carboxylic acids is 1. The molecule has 0 aliphatic rings. The molecule has 3 N–H and O–H groups in total. The number of aromatic carboxylic acids is 1. The van der Waals surface area contributed by atoms with Crippen molar-refractivity contribution in [3.8, 4) is 0 Å². The SMILES string of the molecule is CCn1nc(C)c(CCN(C)c2ncc(NS(=O)(=O)c3ccc(C(C)=O)cc3)cc2C(=O)O)c1C.O=C(O)C(F)(F)F. The van der Waals surface area contributed by atoms with Gasteiger partial charge in [0.2, 0.25) is 0 Å². The summed E-state index contributed by atoms with van der Waals surface area (Å²) < 4.78 is 61.5. The summed E-state index contributed by atoms with van der Waals surface area (Å²) in [4.78, 5) is 38.2. The van der Waals surface area contributed by atoms with E-state index in [9.17, 15) is 36.3 Å². The third kappa shape index (κ3) is 8.52. The first-order chi connectivity index (χ1) is 19.4. The van der Waals surface area contributed by atoms with Gasteiger partial charge in [0, 0.05) is 31.4 Å². The quantitative estimate of drug-likeness (QED) is 0.285. The molecule has 0 aliphatic carbocycles. The number of likely N-dealkylation sites (N-methyl/N-ethyl adjacent to an activating group) is 1. The van der Waals surface area contributed by atoms with Gasteiger partial charge in [0.05, 0.1) is 22.5 Å². The van der Waals surface area contributed by atoms with Crippen molar-refractivity contribution >= 4 is 39.3 Å². The largest absolute Gasteiger partial charge is 0.490 e. The maximum atomic E-state index is 12.7. The molecule has 1 aromatic carbocycles. The summed E-state index contributed by atoms with van der Waals surface area (Å²) in [7, 11) is -2.26. The summed E-state index contributed by atoms with van der Waals surface area (Å²) in [6, 6.07) is 6.72. The molecule has 0 saturated heterocycles. The summed E-state index contributed by atoms with van der Waals surface area (Å²) in [5.74, 6) is -3.93. The van der Waals surface area contributed by atoms with Crippen LogP contribution in [-0.2, 0) is 27.8 Å². The van der Waals surface area contributed by atoms with Gasteiger partial charge >= 0.3 is 18.1 Å². The Morgan fingerprint density at radius 1 is 1.10 bits per heavy atom. The lowest BCUT2D eigenvalue weighted by atomic mass is 10.1. The molecule has 42 heavy (non-hydrogen) atoms. The monoisotopic (exact) mass is 613 g/mol. The summed E-state index contributed by atoms with van der Waals surface area (Å²) in [6.45, 7) is 8.64. The van der Waals surface area contributed by atoms with Crippen LogP contribution in [-0.4, -0.2) is 70.9 Å². The molecule has 16 heteroatoms. The van der Waals surface area contributed by atoms with Gasteiger partial charge in [0.25, 0.3) is 10.0 Å². The number of carboxylic acid groups (broad SMARTS) is 2. The molecule has 2 aromatic heterocycles. The van der Waals surface area contributed by atoms with Crippen molar-refractivity contribution in [1.29, 1.82) is 0 Å². The number of pyridine rings is 1.